The van der Waals surface area contributed by atoms with E-state index in [1.54, 1.807) is 23.9 Å². The van der Waals surface area contributed by atoms with Crippen LogP contribution in [0.5, 0.6) is 0 Å². The third-order valence-corrected chi connectivity index (χ3v) is 2.47. The normalized spacial score (nSPS) is 12.7. The van der Waals surface area contributed by atoms with Crippen molar-refractivity contribution < 1.29 is 4.39 Å². The summed E-state index contributed by atoms with van der Waals surface area (Å²) in [5, 5.41) is -0.266. The molecule has 0 aliphatic carbocycles. The molecule has 0 amide bonds. The number of hydrogen-bond donors (Lipinski definition) is 1. The first-order valence-corrected chi connectivity index (χ1v) is 5.26. The number of anilines is 1. The van der Waals surface area contributed by atoms with Crippen molar-refractivity contribution in [3.8, 4) is 5.69 Å². The Labute approximate surface area is 97.7 Å². The van der Waals surface area contributed by atoms with E-state index < -0.39 is 0 Å². The number of halogens is 2. The van der Waals surface area contributed by atoms with E-state index >= 15 is 0 Å². The average molecular weight is 240 g/mol. The van der Waals surface area contributed by atoms with Gasteiger partial charge in [0.15, 0.2) is 0 Å². The first kappa shape index (κ1) is 11.0. The summed E-state index contributed by atoms with van der Waals surface area (Å²) in [5.74, 6) is 0.296. The highest BCUT2D eigenvalue weighted by atomic mass is 35.5. The van der Waals surface area contributed by atoms with Crippen LogP contribution in [0.2, 0.25) is 0 Å². The predicted octanol–water partition coefficient (Wildman–Crippen LogP) is 2.89. The van der Waals surface area contributed by atoms with Crippen LogP contribution in [-0.4, -0.2) is 9.55 Å². The molecule has 1 atom stereocenters. The Bertz CT molecular complexity index is 508. The molecule has 0 saturated heterocycles. The molecule has 0 aliphatic rings. The van der Waals surface area contributed by atoms with E-state index in [9.17, 15) is 4.39 Å². The maximum atomic E-state index is 13.1. The Morgan fingerprint density at radius 3 is 2.94 bits per heavy atom. The van der Waals surface area contributed by atoms with E-state index in [0.29, 0.717) is 17.2 Å². The molecule has 0 bridgehead atoms. The lowest BCUT2D eigenvalue weighted by Crippen LogP contribution is -2.04. The third-order valence-electron chi connectivity index (χ3n) is 2.28. The monoisotopic (exact) mass is 239 g/mol. The molecular formula is C11H11ClFN3. The van der Waals surface area contributed by atoms with Crippen LogP contribution in [-0.2, 0) is 0 Å². The quantitative estimate of drug-likeness (QED) is 0.647. The van der Waals surface area contributed by atoms with Crippen LogP contribution in [0, 0.1) is 5.82 Å². The zero-order chi connectivity index (χ0) is 11.7. The summed E-state index contributed by atoms with van der Waals surface area (Å²) in [4.78, 5) is 4.12. The van der Waals surface area contributed by atoms with E-state index in [4.69, 9.17) is 17.3 Å². The molecule has 2 N–H and O–H groups in total. The van der Waals surface area contributed by atoms with Gasteiger partial charge in [0.05, 0.1) is 16.8 Å². The molecule has 1 aromatic heterocycles. The minimum Gasteiger partial charge on any atom is -0.397 e. The summed E-state index contributed by atoms with van der Waals surface area (Å²) in [6.45, 7) is 1.80. The molecule has 0 spiro atoms. The first-order valence-electron chi connectivity index (χ1n) is 4.82. The van der Waals surface area contributed by atoms with Crippen LogP contribution in [0.4, 0.5) is 10.1 Å². The number of imidazole rings is 1. The van der Waals surface area contributed by atoms with Gasteiger partial charge >= 0.3 is 0 Å². The predicted molar refractivity (Wildman–Crippen MR) is 62.2 cm³/mol. The van der Waals surface area contributed by atoms with Crippen molar-refractivity contribution in [2.45, 2.75) is 12.3 Å². The van der Waals surface area contributed by atoms with Gasteiger partial charge in [0, 0.05) is 12.4 Å². The molecule has 0 fully saturated rings. The highest BCUT2D eigenvalue weighted by molar-refractivity contribution is 6.20. The van der Waals surface area contributed by atoms with E-state index in [1.807, 2.05) is 0 Å². The van der Waals surface area contributed by atoms with Gasteiger partial charge in [-0.3, -0.25) is 0 Å². The molecule has 1 heterocycles. The van der Waals surface area contributed by atoms with Crippen molar-refractivity contribution in [1.29, 1.82) is 0 Å². The molecule has 84 valence electrons. The lowest BCUT2D eigenvalue weighted by Gasteiger charge is -2.11. The van der Waals surface area contributed by atoms with Crippen molar-refractivity contribution in [2.75, 3.05) is 5.73 Å². The van der Waals surface area contributed by atoms with Gasteiger partial charge in [-0.05, 0) is 25.1 Å². The average Bonchev–Trinajstić information content (AvgIpc) is 2.70. The van der Waals surface area contributed by atoms with Crippen molar-refractivity contribution in [3.63, 3.8) is 0 Å². The number of nitrogen functional groups attached to an aromatic ring is 1. The third kappa shape index (κ3) is 1.88. The van der Waals surface area contributed by atoms with Crippen LogP contribution < -0.4 is 5.73 Å². The lowest BCUT2D eigenvalue weighted by molar-refractivity contribution is 0.626. The van der Waals surface area contributed by atoms with Gasteiger partial charge in [-0.2, -0.15) is 0 Å². The maximum Gasteiger partial charge on any atom is 0.131 e. The maximum absolute atomic E-state index is 13.1. The molecule has 3 nitrogen and oxygen atoms in total. The highest BCUT2D eigenvalue weighted by Crippen LogP contribution is 2.25. The van der Waals surface area contributed by atoms with Gasteiger partial charge in [0.2, 0.25) is 0 Å². The number of nitrogens with two attached hydrogens (primary N) is 1. The van der Waals surface area contributed by atoms with Crippen LogP contribution in [0.25, 0.3) is 5.69 Å². The number of nitrogens with zero attached hydrogens (tertiary/aromatic N) is 2. The van der Waals surface area contributed by atoms with Gasteiger partial charge in [-0.1, -0.05) is 0 Å². The van der Waals surface area contributed by atoms with Gasteiger partial charge < -0.3 is 10.3 Å². The second-order valence-electron chi connectivity index (χ2n) is 3.47. The summed E-state index contributed by atoms with van der Waals surface area (Å²) in [6, 6.07) is 4.20. The molecule has 0 aliphatic heterocycles. The van der Waals surface area contributed by atoms with E-state index in [0.717, 1.165) is 0 Å². The summed E-state index contributed by atoms with van der Waals surface area (Å²) in [6.07, 6.45) is 3.32. The van der Waals surface area contributed by atoms with Crippen molar-refractivity contribution >= 4 is 17.3 Å². The molecule has 16 heavy (non-hydrogen) atoms. The zero-order valence-corrected chi connectivity index (χ0v) is 9.45. The fraction of sp³-hybridized carbons (Fsp3) is 0.182. The number of benzene rings is 1. The largest absolute Gasteiger partial charge is 0.397 e. The smallest absolute Gasteiger partial charge is 0.131 e. The van der Waals surface area contributed by atoms with Crippen LogP contribution in [0.15, 0.2) is 30.6 Å². The first-order chi connectivity index (χ1) is 7.59. The minimum atomic E-state index is -0.342. The van der Waals surface area contributed by atoms with Crippen LogP contribution >= 0.6 is 11.6 Å². The van der Waals surface area contributed by atoms with Crippen molar-refractivity contribution in [3.05, 3.63) is 42.2 Å². The molecule has 5 heteroatoms. The van der Waals surface area contributed by atoms with Gasteiger partial charge in [-0.25, -0.2) is 9.37 Å². The van der Waals surface area contributed by atoms with Crippen LogP contribution in [0.3, 0.4) is 0 Å². The highest BCUT2D eigenvalue weighted by Gasteiger charge is 2.12. The topological polar surface area (TPSA) is 43.8 Å². The van der Waals surface area contributed by atoms with Crippen molar-refractivity contribution in [2.24, 2.45) is 0 Å². The Balaban J connectivity index is 2.58. The summed E-state index contributed by atoms with van der Waals surface area (Å²) in [7, 11) is 0. The SMILES string of the molecule is CC(Cl)c1nccn1-c1cc(F)ccc1N. The Hall–Kier alpha value is -1.55. The summed E-state index contributed by atoms with van der Waals surface area (Å²) >= 11 is 5.97. The Morgan fingerprint density at radius 2 is 2.25 bits per heavy atom. The number of alkyl halides is 1. The van der Waals surface area contributed by atoms with Gasteiger partial charge in [0.25, 0.3) is 0 Å². The van der Waals surface area contributed by atoms with Gasteiger partial charge in [0.1, 0.15) is 11.6 Å². The van der Waals surface area contributed by atoms with Gasteiger partial charge in [-0.15, -0.1) is 11.6 Å². The Morgan fingerprint density at radius 1 is 1.50 bits per heavy atom. The molecule has 2 rings (SSSR count). The van der Waals surface area contributed by atoms with E-state index in [2.05, 4.69) is 4.98 Å². The summed E-state index contributed by atoms with van der Waals surface area (Å²) < 4.78 is 14.8. The van der Waals surface area contributed by atoms with Crippen LogP contribution in [0.1, 0.15) is 18.1 Å². The molecule has 0 radical (unpaired) electrons. The zero-order valence-electron chi connectivity index (χ0n) is 8.69. The molecule has 1 aromatic carbocycles. The molecular weight excluding hydrogens is 229 g/mol. The number of hydrogen-bond acceptors (Lipinski definition) is 2. The molecule has 1 unspecified atom stereocenters. The lowest BCUT2D eigenvalue weighted by atomic mass is 10.2. The fourth-order valence-electron chi connectivity index (χ4n) is 1.54. The Kier molecular flexibility index (Phi) is 2.83. The second-order valence-corrected chi connectivity index (χ2v) is 4.13. The number of rotatable bonds is 2. The standard InChI is InChI=1S/C11H11ClFN3/c1-7(12)11-15-4-5-16(11)10-6-8(13)2-3-9(10)14/h2-7H,14H2,1H3. The van der Waals surface area contributed by atoms with Crippen molar-refractivity contribution in [1.82, 2.24) is 9.55 Å². The van der Waals surface area contributed by atoms with E-state index in [-0.39, 0.29) is 11.2 Å². The van der Waals surface area contributed by atoms with E-state index in [1.165, 1.54) is 18.2 Å². The molecule has 0 saturated carbocycles. The minimum absolute atomic E-state index is 0.266. The second kappa shape index (κ2) is 4.14. The molecule has 2 aromatic rings. The number of aromatic nitrogens is 2. The fourth-order valence-corrected chi connectivity index (χ4v) is 1.70. The summed E-state index contributed by atoms with van der Waals surface area (Å²) in [5.41, 5.74) is 6.83.